The molecule has 0 atom stereocenters. The van der Waals surface area contributed by atoms with Crippen molar-refractivity contribution >= 4 is 16.5 Å². The molecule has 0 aromatic carbocycles. The van der Waals surface area contributed by atoms with E-state index in [2.05, 4.69) is 9.88 Å². The molecule has 1 aromatic heterocycles. The molecule has 1 heterocycles. The van der Waals surface area contributed by atoms with E-state index in [1.165, 1.54) is 17.7 Å². The van der Waals surface area contributed by atoms with E-state index in [4.69, 9.17) is 10.5 Å². The third-order valence-corrected chi connectivity index (χ3v) is 4.05. The quantitative estimate of drug-likeness (QED) is 0.820. The lowest BCUT2D eigenvalue weighted by atomic mass is 10.4. The van der Waals surface area contributed by atoms with E-state index < -0.39 is 0 Å². The van der Waals surface area contributed by atoms with E-state index >= 15 is 0 Å². The molecule has 0 spiro atoms. The standard InChI is InChI=1S/C11H19N3OS/c1-8-10(7-12)16-11(13-8)14(5-6-15-2)9-3-4-9/h9H,3-7,12H2,1-2H3. The van der Waals surface area contributed by atoms with Crippen molar-refractivity contribution in [2.45, 2.75) is 32.4 Å². The molecule has 0 unspecified atom stereocenters. The maximum atomic E-state index is 5.68. The zero-order chi connectivity index (χ0) is 11.5. The van der Waals surface area contributed by atoms with Crippen LogP contribution in [-0.4, -0.2) is 31.3 Å². The predicted octanol–water partition coefficient (Wildman–Crippen LogP) is 1.53. The van der Waals surface area contributed by atoms with Gasteiger partial charge in [-0.05, 0) is 19.8 Å². The molecule has 1 aliphatic carbocycles. The summed E-state index contributed by atoms with van der Waals surface area (Å²) in [6.45, 7) is 4.31. The lowest BCUT2D eigenvalue weighted by molar-refractivity contribution is 0.205. The average molecular weight is 241 g/mol. The number of rotatable bonds is 6. The molecule has 1 aromatic rings. The first-order valence-corrected chi connectivity index (χ1v) is 6.50. The second kappa shape index (κ2) is 5.12. The van der Waals surface area contributed by atoms with Gasteiger partial charge in [0, 0.05) is 31.1 Å². The summed E-state index contributed by atoms with van der Waals surface area (Å²) in [7, 11) is 1.74. The van der Waals surface area contributed by atoms with Crippen LogP contribution < -0.4 is 10.6 Å². The van der Waals surface area contributed by atoms with Gasteiger partial charge in [0.1, 0.15) is 0 Å². The Balaban J connectivity index is 2.11. The number of nitrogens with zero attached hydrogens (tertiary/aromatic N) is 2. The number of hydrogen-bond donors (Lipinski definition) is 1. The summed E-state index contributed by atoms with van der Waals surface area (Å²) in [6.07, 6.45) is 2.56. The van der Waals surface area contributed by atoms with Crippen molar-refractivity contribution in [1.29, 1.82) is 0 Å². The van der Waals surface area contributed by atoms with Gasteiger partial charge < -0.3 is 15.4 Å². The van der Waals surface area contributed by atoms with E-state index in [1.54, 1.807) is 18.4 Å². The Morgan fingerprint density at radius 2 is 2.31 bits per heavy atom. The zero-order valence-corrected chi connectivity index (χ0v) is 10.7. The first-order chi connectivity index (χ1) is 7.76. The Bertz CT molecular complexity index is 349. The Hall–Kier alpha value is -0.650. The average Bonchev–Trinajstić information content (AvgIpc) is 3.03. The molecule has 90 valence electrons. The van der Waals surface area contributed by atoms with Gasteiger partial charge in [0.25, 0.3) is 0 Å². The van der Waals surface area contributed by atoms with Gasteiger partial charge in [-0.25, -0.2) is 4.98 Å². The van der Waals surface area contributed by atoms with E-state index in [0.717, 1.165) is 24.0 Å². The molecule has 0 bridgehead atoms. The molecule has 0 saturated heterocycles. The van der Waals surface area contributed by atoms with Crippen molar-refractivity contribution in [3.8, 4) is 0 Å². The van der Waals surface area contributed by atoms with Crippen LogP contribution in [0.25, 0.3) is 0 Å². The summed E-state index contributed by atoms with van der Waals surface area (Å²) in [4.78, 5) is 8.16. The SMILES string of the molecule is COCCN(c1nc(C)c(CN)s1)C1CC1. The second-order valence-electron chi connectivity index (χ2n) is 4.13. The fourth-order valence-electron chi connectivity index (χ4n) is 1.74. The summed E-state index contributed by atoms with van der Waals surface area (Å²) >= 11 is 1.72. The van der Waals surface area contributed by atoms with Crippen molar-refractivity contribution in [3.05, 3.63) is 10.6 Å². The van der Waals surface area contributed by atoms with E-state index in [9.17, 15) is 0 Å². The van der Waals surface area contributed by atoms with Crippen LogP contribution in [0.3, 0.4) is 0 Å². The van der Waals surface area contributed by atoms with E-state index in [1.807, 2.05) is 6.92 Å². The van der Waals surface area contributed by atoms with Gasteiger partial charge in [0.05, 0.1) is 12.3 Å². The molecular formula is C11H19N3OS. The summed E-state index contributed by atoms with van der Waals surface area (Å²) < 4.78 is 5.15. The summed E-state index contributed by atoms with van der Waals surface area (Å²) in [6, 6.07) is 0.673. The zero-order valence-electron chi connectivity index (χ0n) is 9.90. The second-order valence-corrected chi connectivity index (χ2v) is 5.19. The molecule has 2 N–H and O–H groups in total. The maximum Gasteiger partial charge on any atom is 0.186 e. The molecule has 16 heavy (non-hydrogen) atoms. The Labute approximate surface area is 100 Å². The third-order valence-electron chi connectivity index (χ3n) is 2.84. The van der Waals surface area contributed by atoms with Gasteiger partial charge in [-0.15, -0.1) is 11.3 Å². The summed E-state index contributed by atoms with van der Waals surface area (Å²) in [5.41, 5.74) is 6.76. The Morgan fingerprint density at radius 3 is 2.81 bits per heavy atom. The van der Waals surface area contributed by atoms with Gasteiger partial charge in [0.2, 0.25) is 0 Å². The highest BCUT2D eigenvalue weighted by molar-refractivity contribution is 7.15. The molecule has 0 radical (unpaired) electrons. The molecule has 2 rings (SSSR count). The first kappa shape index (κ1) is 11.8. The van der Waals surface area contributed by atoms with Gasteiger partial charge in [-0.1, -0.05) is 0 Å². The van der Waals surface area contributed by atoms with Gasteiger partial charge in [-0.2, -0.15) is 0 Å². The highest BCUT2D eigenvalue weighted by Crippen LogP contribution is 2.34. The fraction of sp³-hybridized carbons (Fsp3) is 0.727. The number of anilines is 1. The smallest absolute Gasteiger partial charge is 0.186 e. The van der Waals surface area contributed by atoms with Gasteiger partial charge >= 0.3 is 0 Å². The number of aryl methyl sites for hydroxylation is 1. The molecule has 5 heteroatoms. The number of hydrogen-bond acceptors (Lipinski definition) is 5. The highest BCUT2D eigenvalue weighted by atomic mass is 32.1. The molecule has 0 amide bonds. The Kier molecular flexibility index (Phi) is 3.78. The van der Waals surface area contributed by atoms with Crippen LogP contribution in [0.1, 0.15) is 23.4 Å². The highest BCUT2D eigenvalue weighted by Gasteiger charge is 2.30. The first-order valence-electron chi connectivity index (χ1n) is 5.68. The maximum absolute atomic E-state index is 5.68. The lowest BCUT2D eigenvalue weighted by Crippen LogP contribution is -2.29. The van der Waals surface area contributed by atoms with E-state index in [-0.39, 0.29) is 0 Å². The van der Waals surface area contributed by atoms with Crippen molar-refractivity contribution in [3.63, 3.8) is 0 Å². The molecule has 1 aliphatic rings. The molecular weight excluding hydrogens is 222 g/mol. The molecule has 1 fully saturated rings. The van der Waals surface area contributed by atoms with Crippen molar-refractivity contribution in [2.75, 3.05) is 25.2 Å². The van der Waals surface area contributed by atoms with Gasteiger partial charge in [0.15, 0.2) is 5.13 Å². The van der Waals surface area contributed by atoms with Gasteiger partial charge in [-0.3, -0.25) is 0 Å². The summed E-state index contributed by atoms with van der Waals surface area (Å²) in [5, 5.41) is 1.11. The minimum absolute atomic E-state index is 0.590. The molecule has 4 nitrogen and oxygen atoms in total. The van der Waals surface area contributed by atoms with Crippen molar-refractivity contribution in [1.82, 2.24) is 4.98 Å². The Morgan fingerprint density at radius 1 is 1.56 bits per heavy atom. The monoisotopic (exact) mass is 241 g/mol. The minimum Gasteiger partial charge on any atom is -0.383 e. The molecule has 0 aliphatic heterocycles. The van der Waals surface area contributed by atoms with Crippen LogP contribution in [0.5, 0.6) is 0 Å². The van der Waals surface area contributed by atoms with Crippen LogP contribution in [0, 0.1) is 6.92 Å². The largest absolute Gasteiger partial charge is 0.383 e. The third kappa shape index (κ3) is 2.53. The van der Waals surface area contributed by atoms with Crippen LogP contribution >= 0.6 is 11.3 Å². The van der Waals surface area contributed by atoms with Crippen molar-refractivity contribution < 1.29 is 4.74 Å². The van der Waals surface area contributed by atoms with Crippen molar-refractivity contribution in [2.24, 2.45) is 5.73 Å². The fourth-order valence-corrected chi connectivity index (χ4v) is 2.77. The van der Waals surface area contributed by atoms with Crippen LogP contribution in [-0.2, 0) is 11.3 Å². The topological polar surface area (TPSA) is 51.4 Å². The number of aromatic nitrogens is 1. The van der Waals surface area contributed by atoms with E-state index in [0.29, 0.717) is 12.6 Å². The normalized spacial score (nSPS) is 15.4. The number of nitrogens with two attached hydrogens (primary N) is 1. The number of ether oxygens (including phenoxy) is 1. The predicted molar refractivity (Wildman–Crippen MR) is 67.0 cm³/mol. The van der Waals surface area contributed by atoms with Crippen LogP contribution in [0.2, 0.25) is 0 Å². The minimum atomic E-state index is 0.590. The lowest BCUT2D eigenvalue weighted by Gasteiger charge is -2.20. The van der Waals surface area contributed by atoms with Crippen LogP contribution in [0.4, 0.5) is 5.13 Å². The number of methoxy groups -OCH3 is 1. The number of thiazole rings is 1. The summed E-state index contributed by atoms with van der Waals surface area (Å²) in [5.74, 6) is 0. The van der Waals surface area contributed by atoms with Crippen LogP contribution in [0.15, 0.2) is 0 Å². The molecule has 1 saturated carbocycles.